The second-order valence-corrected chi connectivity index (χ2v) is 11.2. The fraction of sp³-hybridized carbons (Fsp3) is 0.786. The third-order valence-corrected chi connectivity index (χ3v) is 8.36. The molecule has 1 aliphatic heterocycles. The standard InChI is InChI=1S/C14H27NO3Si/c1-7-17-13(16)15-10-8-9-12(11-15)18-19(5,6)14(2,3)4/h8-9,12H,7,10-11H2,1-6H3. The number of rotatable bonds is 3. The van der Waals surface area contributed by atoms with Gasteiger partial charge in [-0.15, -0.1) is 0 Å². The first-order chi connectivity index (χ1) is 8.67. The van der Waals surface area contributed by atoms with Crippen LogP contribution in [0, 0.1) is 0 Å². The van der Waals surface area contributed by atoms with Gasteiger partial charge in [0, 0.05) is 6.54 Å². The van der Waals surface area contributed by atoms with Crippen molar-refractivity contribution in [3.63, 3.8) is 0 Å². The summed E-state index contributed by atoms with van der Waals surface area (Å²) in [7, 11) is -1.81. The van der Waals surface area contributed by atoms with E-state index in [1.807, 2.05) is 13.0 Å². The minimum atomic E-state index is -1.81. The topological polar surface area (TPSA) is 38.8 Å². The molecule has 1 heterocycles. The minimum absolute atomic E-state index is 0.0148. The van der Waals surface area contributed by atoms with Crippen LogP contribution in [0.4, 0.5) is 4.79 Å². The van der Waals surface area contributed by atoms with E-state index >= 15 is 0 Å². The number of ether oxygens (including phenoxy) is 1. The van der Waals surface area contributed by atoms with Gasteiger partial charge in [-0.3, -0.25) is 0 Å². The zero-order valence-corrected chi connectivity index (χ0v) is 14.0. The molecule has 0 spiro atoms. The summed E-state index contributed by atoms with van der Waals surface area (Å²) in [5.74, 6) is 0. The number of amides is 1. The number of hydrogen-bond acceptors (Lipinski definition) is 3. The van der Waals surface area contributed by atoms with Gasteiger partial charge in [-0.05, 0) is 25.1 Å². The molecule has 0 bridgehead atoms. The number of carbonyl (C=O) groups excluding carboxylic acids is 1. The summed E-state index contributed by atoms with van der Waals surface area (Å²) in [5, 5.41) is 0.174. The quantitative estimate of drug-likeness (QED) is 0.589. The molecule has 0 radical (unpaired) electrons. The highest BCUT2D eigenvalue weighted by atomic mass is 28.4. The predicted molar refractivity (Wildman–Crippen MR) is 79.8 cm³/mol. The lowest BCUT2D eigenvalue weighted by atomic mass is 10.2. The lowest BCUT2D eigenvalue weighted by Crippen LogP contribution is -2.48. The number of hydrogen-bond donors (Lipinski definition) is 0. The van der Waals surface area contributed by atoms with Crippen molar-refractivity contribution in [3.05, 3.63) is 12.2 Å². The van der Waals surface area contributed by atoms with E-state index in [2.05, 4.69) is 39.9 Å². The van der Waals surface area contributed by atoms with Crippen molar-refractivity contribution < 1.29 is 14.0 Å². The highest BCUT2D eigenvalue weighted by Crippen LogP contribution is 2.37. The van der Waals surface area contributed by atoms with E-state index in [4.69, 9.17) is 9.16 Å². The monoisotopic (exact) mass is 285 g/mol. The molecule has 110 valence electrons. The Morgan fingerprint density at radius 2 is 2.05 bits per heavy atom. The van der Waals surface area contributed by atoms with E-state index in [-0.39, 0.29) is 17.2 Å². The first-order valence-corrected chi connectivity index (χ1v) is 9.84. The lowest BCUT2D eigenvalue weighted by Gasteiger charge is -2.40. The Hall–Kier alpha value is -0.813. The van der Waals surface area contributed by atoms with E-state index in [0.717, 1.165) is 0 Å². The molecule has 0 fully saturated rings. The molecule has 1 rings (SSSR count). The summed E-state index contributed by atoms with van der Waals surface area (Å²) in [6.45, 7) is 14.5. The van der Waals surface area contributed by atoms with Crippen LogP contribution in [0.1, 0.15) is 27.7 Å². The molecule has 1 amide bonds. The summed E-state index contributed by atoms with van der Waals surface area (Å²) >= 11 is 0. The summed E-state index contributed by atoms with van der Waals surface area (Å²) in [6.07, 6.45) is 3.78. The van der Waals surface area contributed by atoms with Crippen LogP contribution in [0.2, 0.25) is 18.1 Å². The van der Waals surface area contributed by atoms with Gasteiger partial charge in [-0.2, -0.15) is 0 Å². The van der Waals surface area contributed by atoms with Crippen molar-refractivity contribution in [3.8, 4) is 0 Å². The second-order valence-electron chi connectivity index (χ2n) is 6.45. The molecule has 19 heavy (non-hydrogen) atoms. The van der Waals surface area contributed by atoms with E-state index in [1.54, 1.807) is 4.90 Å². The molecular formula is C14H27NO3Si. The van der Waals surface area contributed by atoms with Crippen molar-refractivity contribution in [1.29, 1.82) is 0 Å². The summed E-state index contributed by atoms with van der Waals surface area (Å²) in [4.78, 5) is 13.4. The van der Waals surface area contributed by atoms with Gasteiger partial charge in [0.25, 0.3) is 0 Å². The molecular weight excluding hydrogens is 258 g/mol. The summed E-state index contributed by atoms with van der Waals surface area (Å²) in [6, 6.07) is 0. The van der Waals surface area contributed by atoms with E-state index in [0.29, 0.717) is 19.7 Å². The molecule has 0 aromatic rings. The molecule has 0 N–H and O–H groups in total. The van der Waals surface area contributed by atoms with Crippen molar-refractivity contribution >= 4 is 14.4 Å². The molecule has 1 aliphatic rings. The Bertz CT molecular complexity index is 347. The Morgan fingerprint density at radius 1 is 1.42 bits per heavy atom. The average molecular weight is 285 g/mol. The maximum absolute atomic E-state index is 11.7. The van der Waals surface area contributed by atoms with E-state index < -0.39 is 8.32 Å². The first kappa shape index (κ1) is 16.2. The fourth-order valence-corrected chi connectivity index (χ4v) is 2.95. The zero-order valence-electron chi connectivity index (χ0n) is 13.0. The molecule has 0 saturated carbocycles. The van der Waals surface area contributed by atoms with Gasteiger partial charge in [0.1, 0.15) is 0 Å². The SMILES string of the molecule is CCOC(=O)N1CC=CC(O[Si](C)(C)C(C)(C)C)C1. The predicted octanol–water partition coefficient (Wildman–Crippen LogP) is 3.41. The van der Waals surface area contributed by atoms with Crippen molar-refractivity contribution in [2.45, 2.75) is 51.9 Å². The molecule has 1 atom stereocenters. The maximum atomic E-state index is 11.7. The van der Waals surface area contributed by atoms with Crippen molar-refractivity contribution in [2.24, 2.45) is 0 Å². The fourth-order valence-electron chi connectivity index (χ4n) is 1.69. The smallest absolute Gasteiger partial charge is 0.410 e. The van der Waals surface area contributed by atoms with Gasteiger partial charge in [-0.25, -0.2) is 4.79 Å². The van der Waals surface area contributed by atoms with Gasteiger partial charge >= 0.3 is 6.09 Å². The second kappa shape index (κ2) is 6.09. The Kier molecular flexibility index (Phi) is 5.21. The number of nitrogens with zero attached hydrogens (tertiary/aromatic N) is 1. The Morgan fingerprint density at radius 3 is 2.58 bits per heavy atom. The van der Waals surface area contributed by atoms with Gasteiger partial charge < -0.3 is 14.1 Å². The highest BCUT2D eigenvalue weighted by Gasteiger charge is 2.39. The van der Waals surface area contributed by atoms with Crippen LogP contribution in [0.3, 0.4) is 0 Å². The van der Waals surface area contributed by atoms with Crippen molar-refractivity contribution in [1.82, 2.24) is 4.90 Å². The molecule has 0 aromatic carbocycles. The molecule has 0 aromatic heterocycles. The van der Waals surface area contributed by atoms with Crippen LogP contribution < -0.4 is 0 Å². The number of carbonyl (C=O) groups is 1. The molecule has 0 saturated heterocycles. The van der Waals surface area contributed by atoms with Crippen LogP contribution in [0.15, 0.2) is 12.2 Å². The highest BCUT2D eigenvalue weighted by molar-refractivity contribution is 6.74. The molecule has 0 aliphatic carbocycles. The lowest BCUT2D eigenvalue weighted by molar-refractivity contribution is 0.0900. The first-order valence-electron chi connectivity index (χ1n) is 6.93. The maximum Gasteiger partial charge on any atom is 0.410 e. The minimum Gasteiger partial charge on any atom is -0.450 e. The van der Waals surface area contributed by atoms with Crippen LogP contribution >= 0.6 is 0 Å². The van der Waals surface area contributed by atoms with Gasteiger partial charge in [-0.1, -0.05) is 32.9 Å². The Labute approximate surface area is 117 Å². The van der Waals surface area contributed by atoms with Gasteiger partial charge in [0.15, 0.2) is 8.32 Å². The van der Waals surface area contributed by atoms with Gasteiger partial charge in [0.2, 0.25) is 0 Å². The van der Waals surface area contributed by atoms with Gasteiger partial charge in [0.05, 0.1) is 19.3 Å². The molecule has 5 heteroatoms. The summed E-state index contributed by atoms with van der Waals surface area (Å²) < 4.78 is 11.3. The third kappa shape index (κ3) is 4.35. The van der Waals surface area contributed by atoms with Crippen LogP contribution in [0.25, 0.3) is 0 Å². The van der Waals surface area contributed by atoms with Crippen LogP contribution in [-0.4, -0.2) is 45.1 Å². The largest absolute Gasteiger partial charge is 0.450 e. The summed E-state index contributed by atoms with van der Waals surface area (Å²) in [5.41, 5.74) is 0. The normalized spacial score (nSPS) is 20.5. The van der Waals surface area contributed by atoms with Crippen molar-refractivity contribution in [2.75, 3.05) is 19.7 Å². The molecule has 1 unspecified atom stereocenters. The Balaban J connectivity index is 2.64. The molecule has 4 nitrogen and oxygen atoms in total. The zero-order chi connectivity index (χ0) is 14.7. The van der Waals surface area contributed by atoms with Crippen LogP contribution in [0.5, 0.6) is 0 Å². The van der Waals surface area contributed by atoms with E-state index in [1.165, 1.54) is 0 Å². The van der Waals surface area contributed by atoms with E-state index in [9.17, 15) is 4.79 Å². The average Bonchev–Trinajstić information content (AvgIpc) is 2.27. The third-order valence-electron chi connectivity index (χ3n) is 3.86. The van der Waals surface area contributed by atoms with Crippen LogP contribution in [-0.2, 0) is 9.16 Å².